The Labute approximate surface area is 92.7 Å². The molecule has 90 valence electrons. The van der Waals surface area contributed by atoms with Gasteiger partial charge in [-0.3, -0.25) is 0 Å². The van der Waals surface area contributed by atoms with Gasteiger partial charge in [0.2, 0.25) is 5.95 Å². The maximum Gasteiger partial charge on any atom is 0.416 e. The fraction of sp³-hybridized carbons (Fsp3) is 0.111. The number of nitrogens with zero attached hydrogens (tertiary/aromatic N) is 3. The number of aromatic nitrogens is 3. The van der Waals surface area contributed by atoms with Crippen LogP contribution >= 0.6 is 0 Å². The van der Waals surface area contributed by atoms with Crippen molar-refractivity contribution in [2.75, 3.05) is 5.73 Å². The largest absolute Gasteiger partial charge is 0.416 e. The van der Waals surface area contributed by atoms with Crippen molar-refractivity contribution in [3.8, 4) is 5.69 Å². The van der Waals surface area contributed by atoms with Crippen LogP contribution in [0.3, 0.4) is 0 Å². The van der Waals surface area contributed by atoms with Gasteiger partial charge in [-0.2, -0.15) is 13.2 Å². The maximum atomic E-state index is 13.4. The summed E-state index contributed by atoms with van der Waals surface area (Å²) in [6.45, 7) is 0. The van der Waals surface area contributed by atoms with E-state index < -0.39 is 17.6 Å². The normalized spacial score (nSPS) is 11.8. The van der Waals surface area contributed by atoms with Crippen molar-refractivity contribution < 1.29 is 17.6 Å². The highest BCUT2D eigenvalue weighted by Crippen LogP contribution is 2.30. The van der Waals surface area contributed by atoms with Crippen LogP contribution in [0.2, 0.25) is 0 Å². The summed E-state index contributed by atoms with van der Waals surface area (Å²) >= 11 is 0. The van der Waals surface area contributed by atoms with Crippen LogP contribution in [0.25, 0.3) is 5.69 Å². The standard InChI is InChI=1S/C9H6F4N4/c10-6-3-5(9(11,12)13)1-2-7(6)17-4-15-8(14)16-17/h1-4H,(H2,14,16). The Bertz CT molecular complexity index is 546. The molecule has 2 rings (SSSR count). The van der Waals surface area contributed by atoms with Crippen molar-refractivity contribution in [3.05, 3.63) is 35.9 Å². The second kappa shape index (κ2) is 3.72. The molecule has 1 aromatic carbocycles. The Morgan fingerprint density at radius 2 is 1.94 bits per heavy atom. The van der Waals surface area contributed by atoms with Crippen LogP contribution in [0.4, 0.5) is 23.5 Å². The van der Waals surface area contributed by atoms with Gasteiger partial charge in [0.15, 0.2) is 0 Å². The Balaban J connectivity index is 2.45. The summed E-state index contributed by atoms with van der Waals surface area (Å²) in [7, 11) is 0. The summed E-state index contributed by atoms with van der Waals surface area (Å²) in [6, 6.07) is 2.12. The molecule has 0 spiro atoms. The lowest BCUT2D eigenvalue weighted by Crippen LogP contribution is -2.07. The number of anilines is 1. The lowest BCUT2D eigenvalue weighted by molar-refractivity contribution is -0.137. The van der Waals surface area contributed by atoms with Crippen LogP contribution in [0, 0.1) is 5.82 Å². The highest BCUT2D eigenvalue weighted by Gasteiger charge is 2.31. The summed E-state index contributed by atoms with van der Waals surface area (Å²) in [6.07, 6.45) is -3.47. The Morgan fingerprint density at radius 3 is 2.41 bits per heavy atom. The van der Waals surface area contributed by atoms with Crippen molar-refractivity contribution in [1.29, 1.82) is 0 Å². The first-order chi connectivity index (χ1) is 7.88. The Morgan fingerprint density at radius 1 is 1.24 bits per heavy atom. The zero-order chi connectivity index (χ0) is 12.6. The quantitative estimate of drug-likeness (QED) is 0.783. The number of nitrogens with two attached hydrogens (primary N) is 1. The van der Waals surface area contributed by atoms with Crippen LogP contribution in [-0.2, 0) is 6.18 Å². The fourth-order valence-electron chi connectivity index (χ4n) is 1.26. The molecule has 0 amide bonds. The molecule has 2 N–H and O–H groups in total. The number of hydrogen-bond donors (Lipinski definition) is 1. The lowest BCUT2D eigenvalue weighted by Gasteiger charge is -2.08. The number of halogens is 4. The van der Waals surface area contributed by atoms with Gasteiger partial charge in [0.05, 0.1) is 5.56 Å². The molecular formula is C9H6F4N4. The minimum atomic E-state index is -4.58. The van der Waals surface area contributed by atoms with Gasteiger partial charge in [0.25, 0.3) is 0 Å². The zero-order valence-corrected chi connectivity index (χ0v) is 8.24. The summed E-state index contributed by atoms with van der Waals surface area (Å²) < 4.78 is 51.3. The van der Waals surface area contributed by atoms with Gasteiger partial charge in [-0.1, -0.05) is 0 Å². The number of rotatable bonds is 1. The molecule has 0 bridgehead atoms. The van der Waals surface area contributed by atoms with Gasteiger partial charge in [-0.15, -0.1) is 5.10 Å². The van der Waals surface area contributed by atoms with Gasteiger partial charge in [0, 0.05) is 0 Å². The van der Waals surface area contributed by atoms with E-state index in [-0.39, 0.29) is 11.6 Å². The first-order valence-electron chi connectivity index (χ1n) is 4.42. The average Bonchev–Trinajstić information content (AvgIpc) is 2.63. The van der Waals surface area contributed by atoms with Gasteiger partial charge < -0.3 is 5.73 Å². The van der Waals surface area contributed by atoms with E-state index in [1.165, 1.54) is 0 Å². The molecule has 1 heterocycles. The third-order valence-corrected chi connectivity index (χ3v) is 2.03. The Kier molecular flexibility index (Phi) is 2.49. The maximum absolute atomic E-state index is 13.4. The Hall–Kier alpha value is -2.12. The van der Waals surface area contributed by atoms with E-state index in [2.05, 4.69) is 10.1 Å². The van der Waals surface area contributed by atoms with Gasteiger partial charge >= 0.3 is 6.18 Å². The molecule has 17 heavy (non-hydrogen) atoms. The molecular weight excluding hydrogens is 240 g/mol. The molecule has 0 aliphatic heterocycles. The van der Waals surface area contributed by atoms with E-state index in [1.54, 1.807) is 0 Å². The molecule has 0 fully saturated rings. The van der Waals surface area contributed by atoms with Crippen molar-refractivity contribution in [1.82, 2.24) is 14.8 Å². The highest BCUT2D eigenvalue weighted by atomic mass is 19.4. The van der Waals surface area contributed by atoms with Gasteiger partial charge in [-0.25, -0.2) is 14.1 Å². The zero-order valence-electron chi connectivity index (χ0n) is 8.24. The lowest BCUT2D eigenvalue weighted by atomic mass is 10.2. The van der Waals surface area contributed by atoms with E-state index in [1.807, 2.05) is 0 Å². The van der Waals surface area contributed by atoms with E-state index in [0.717, 1.165) is 23.1 Å². The van der Waals surface area contributed by atoms with Crippen molar-refractivity contribution in [2.24, 2.45) is 0 Å². The fourth-order valence-corrected chi connectivity index (χ4v) is 1.26. The van der Waals surface area contributed by atoms with E-state index in [4.69, 9.17) is 5.73 Å². The molecule has 0 unspecified atom stereocenters. The topological polar surface area (TPSA) is 56.7 Å². The minimum Gasteiger partial charge on any atom is -0.366 e. The monoisotopic (exact) mass is 246 g/mol. The molecule has 0 saturated heterocycles. The molecule has 0 saturated carbocycles. The van der Waals surface area contributed by atoms with Gasteiger partial charge in [-0.05, 0) is 18.2 Å². The SMILES string of the molecule is Nc1ncn(-c2ccc(C(F)(F)F)cc2F)n1. The first kappa shape index (κ1) is 11.4. The van der Waals surface area contributed by atoms with Crippen LogP contribution in [0.15, 0.2) is 24.5 Å². The third kappa shape index (κ3) is 2.19. The summed E-state index contributed by atoms with van der Waals surface area (Å²) in [5.41, 5.74) is 4.01. The molecule has 0 atom stereocenters. The van der Waals surface area contributed by atoms with Crippen LogP contribution in [0.1, 0.15) is 5.56 Å². The molecule has 1 aromatic heterocycles. The number of nitrogen functional groups attached to an aromatic ring is 1. The predicted molar refractivity (Wildman–Crippen MR) is 50.7 cm³/mol. The molecule has 0 radical (unpaired) electrons. The summed E-state index contributed by atoms with van der Waals surface area (Å²) in [4.78, 5) is 3.55. The number of alkyl halides is 3. The van der Waals surface area contributed by atoms with Crippen LogP contribution < -0.4 is 5.73 Å². The first-order valence-corrected chi connectivity index (χ1v) is 4.42. The van der Waals surface area contributed by atoms with E-state index in [9.17, 15) is 17.6 Å². The van der Waals surface area contributed by atoms with Crippen molar-refractivity contribution >= 4 is 5.95 Å². The molecule has 8 heteroatoms. The average molecular weight is 246 g/mol. The molecule has 0 aliphatic rings. The molecule has 0 aliphatic carbocycles. The van der Waals surface area contributed by atoms with E-state index >= 15 is 0 Å². The molecule has 2 aromatic rings. The summed E-state index contributed by atoms with van der Waals surface area (Å²) in [5, 5.41) is 3.60. The van der Waals surface area contributed by atoms with Crippen LogP contribution in [0.5, 0.6) is 0 Å². The minimum absolute atomic E-state index is 0.0932. The summed E-state index contributed by atoms with van der Waals surface area (Å²) in [5.74, 6) is -1.14. The van der Waals surface area contributed by atoms with Crippen molar-refractivity contribution in [3.63, 3.8) is 0 Å². The van der Waals surface area contributed by atoms with Crippen molar-refractivity contribution in [2.45, 2.75) is 6.18 Å². The highest BCUT2D eigenvalue weighted by molar-refractivity contribution is 5.37. The second-order valence-corrected chi connectivity index (χ2v) is 3.21. The number of hydrogen-bond acceptors (Lipinski definition) is 3. The second-order valence-electron chi connectivity index (χ2n) is 3.21. The van der Waals surface area contributed by atoms with E-state index in [0.29, 0.717) is 6.07 Å². The smallest absolute Gasteiger partial charge is 0.366 e. The van der Waals surface area contributed by atoms with Crippen LogP contribution in [-0.4, -0.2) is 14.8 Å². The third-order valence-electron chi connectivity index (χ3n) is 2.03. The van der Waals surface area contributed by atoms with Gasteiger partial charge in [0.1, 0.15) is 17.8 Å². The molecule has 4 nitrogen and oxygen atoms in total. The predicted octanol–water partition coefficient (Wildman–Crippen LogP) is 2.01. The number of benzene rings is 1.